The van der Waals surface area contributed by atoms with Crippen LogP contribution in [0.15, 0.2) is 36.4 Å². The van der Waals surface area contributed by atoms with Gasteiger partial charge in [0.1, 0.15) is 11.6 Å². The maximum atomic E-state index is 13.4. The molecule has 0 saturated carbocycles. The molecule has 5 nitrogen and oxygen atoms in total. The van der Waals surface area contributed by atoms with Gasteiger partial charge < -0.3 is 9.47 Å². The van der Waals surface area contributed by atoms with Crippen LogP contribution in [0.1, 0.15) is 12.5 Å². The largest absolute Gasteiger partial charge is 0.493 e. The second kappa shape index (κ2) is 6.21. The molecule has 21 heavy (non-hydrogen) atoms. The first kappa shape index (κ1) is 14.8. The highest BCUT2D eigenvalue weighted by Gasteiger charge is 2.13. The summed E-state index contributed by atoms with van der Waals surface area (Å²) in [6.07, 6.45) is 0.835. The number of hydrogen-bond donors (Lipinski definition) is 0. The summed E-state index contributed by atoms with van der Waals surface area (Å²) in [4.78, 5) is 10.0. The monoisotopic (exact) mass is 291 g/mol. The number of nitrogens with zero attached hydrogens (tertiary/aromatic N) is 1. The Morgan fingerprint density at radius 1 is 1.19 bits per heavy atom. The number of aryl methyl sites for hydroxylation is 1. The third-order valence-corrected chi connectivity index (χ3v) is 2.93. The quantitative estimate of drug-likeness (QED) is 0.614. The molecule has 0 bridgehead atoms. The molecule has 0 spiro atoms. The van der Waals surface area contributed by atoms with Gasteiger partial charge >= 0.3 is 0 Å². The van der Waals surface area contributed by atoms with E-state index in [1.54, 1.807) is 6.07 Å². The first-order chi connectivity index (χ1) is 10.0. The van der Waals surface area contributed by atoms with Gasteiger partial charge in [-0.25, -0.2) is 4.39 Å². The zero-order chi connectivity index (χ0) is 15.4. The maximum absolute atomic E-state index is 13.4. The number of halogens is 1. The average Bonchev–Trinajstić information content (AvgIpc) is 2.47. The fraction of sp³-hybridized carbons (Fsp3) is 0.200. The number of hydrogen-bond acceptors (Lipinski definition) is 4. The van der Waals surface area contributed by atoms with E-state index in [1.165, 1.54) is 7.11 Å². The van der Waals surface area contributed by atoms with Crippen molar-refractivity contribution >= 4 is 5.69 Å². The first-order valence-electron chi connectivity index (χ1n) is 6.33. The second-order valence-corrected chi connectivity index (χ2v) is 4.34. The third-order valence-electron chi connectivity index (χ3n) is 2.93. The molecule has 0 fully saturated rings. The predicted octanol–water partition coefficient (Wildman–Crippen LogP) is 4.10. The van der Waals surface area contributed by atoms with E-state index in [2.05, 4.69) is 0 Å². The number of non-ortho nitro benzene ring substituents is 1. The van der Waals surface area contributed by atoms with Crippen LogP contribution in [-0.4, -0.2) is 12.0 Å². The molecule has 0 amide bonds. The lowest BCUT2D eigenvalue weighted by Crippen LogP contribution is -1.94. The van der Waals surface area contributed by atoms with Gasteiger partial charge in [0.15, 0.2) is 11.5 Å². The number of benzene rings is 2. The lowest BCUT2D eigenvalue weighted by molar-refractivity contribution is -0.385. The van der Waals surface area contributed by atoms with Crippen LogP contribution in [-0.2, 0) is 6.42 Å². The first-order valence-corrected chi connectivity index (χ1v) is 6.33. The predicted molar refractivity (Wildman–Crippen MR) is 75.5 cm³/mol. The average molecular weight is 291 g/mol. The molecule has 0 unspecified atom stereocenters. The lowest BCUT2D eigenvalue weighted by atomic mass is 10.1. The Labute approximate surface area is 121 Å². The molecular weight excluding hydrogens is 277 g/mol. The molecule has 110 valence electrons. The van der Waals surface area contributed by atoms with Gasteiger partial charge in [-0.05, 0) is 24.1 Å². The minimum atomic E-state index is -0.733. The molecule has 0 aliphatic heterocycles. The Morgan fingerprint density at radius 2 is 1.95 bits per heavy atom. The number of ether oxygens (including phenoxy) is 2. The zero-order valence-corrected chi connectivity index (χ0v) is 11.6. The van der Waals surface area contributed by atoms with Crippen LogP contribution in [0, 0.1) is 15.9 Å². The molecule has 6 heteroatoms. The van der Waals surface area contributed by atoms with Gasteiger partial charge in [-0.3, -0.25) is 10.1 Å². The lowest BCUT2D eigenvalue weighted by Gasteiger charge is -2.11. The van der Waals surface area contributed by atoms with E-state index >= 15 is 0 Å². The SMILES string of the molecule is CCc1ccc(Oc2cc(F)cc([N+](=O)[O-])c2)c(OC)c1. The number of rotatable bonds is 5. The van der Waals surface area contributed by atoms with E-state index in [4.69, 9.17) is 9.47 Å². The second-order valence-electron chi connectivity index (χ2n) is 4.34. The van der Waals surface area contributed by atoms with Crippen molar-refractivity contribution in [3.8, 4) is 17.2 Å². The van der Waals surface area contributed by atoms with Crippen molar-refractivity contribution in [2.24, 2.45) is 0 Å². The summed E-state index contributed by atoms with van der Waals surface area (Å²) in [7, 11) is 1.50. The van der Waals surface area contributed by atoms with Crippen molar-refractivity contribution in [2.45, 2.75) is 13.3 Å². The van der Waals surface area contributed by atoms with Gasteiger partial charge in [0.05, 0.1) is 24.2 Å². The molecule has 0 N–H and O–H groups in total. The molecule has 0 aliphatic carbocycles. The fourth-order valence-corrected chi connectivity index (χ4v) is 1.86. The zero-order valence-electron chi connectivity index (χ0n) is 11.6. The summed E-state index contributed by atoms with van der Waals surface area (Å²) < 4.78 is 24.1. The summed E-state index contributed by atoms with van der Waals surface area (Å²) >= 11 is 0. The summed E-state index contributed by atoms with van der Waals surface area (Å²) in [5, 5.41) is 10.7. The van der Waals surface area contributed by atoms with Crippen LogP contribution in [0.25, 0.3) is 0 Å². The Morgan fingerprint density at radius 3 is 2.57 bits per heavy atom. The van der Waals surface area contributed by atoms with Crippen molar-refractivity contribution in [3.63, 3.8) is 0 Å². The van der Waals surface area contributed by atoms with Gasteiger partial charge in [-0.15, -0.1) is 0 Å². The Bertz CT molecular complexity index is 673. The number of nitro groups is 1. The third kappa shape index (κ3) is 3.47. The van der Waals surface area contributed by atoms with E-state index < -0.39 is 10.7 Å². The van der Waals surface area contributed by atoms with E-state index in [1.807, 2.05) is 19.1 Å². The molecule has 2 aromatic rings. The van der Waals surface area contributed by atoms with Gasteiger partial charge in [0, 0.05) is 6.07 Å². The molecule has 0 radical (unpaired) electrons. The number of nitro benzene ring substituents is 1. The highest BCUT2D eigenvalue weighted by molar-refractivity contribution is 5.47. The molecule has 0 atom stereocenters. The molecule has 0 aliphatic rings. The van der Waals surface area contributed by atoms with Crippen molar-refractivity contribution in [3.05, 3.63) is 57.9 Å². The van der Waals surface area contributed by atoms with Crippen LogP contribution in [0.5, 0.6) is 17.2 Å². The van der Waals surface area contributed by atoms with Crippen molar-refractivity contribution in [1.82, 2.24) is 0 Å². The Hall–Kier alpha value is -2.63. The van der Waals surface area contributed by atoms with E-state index in [-0.39, 0.29) is 11.4 Å². The normalized spacial score (nSPS) is 10.2. The van der Waals surface area contributed by atoms with E-state index in [0.29, 0.717) is 11.5 Å². The van der Waals surface area contributed by atoms with Crippen LogP contribution < -0.4 is 9.47 Å². The summed E-state index contributed by atoms with van der Waals surface area (Å²) in [6, 6.07) is 8.43. The minimum absolute atomic E-state index is 0.0456. The standard InChI is InChI=1S/C15H14FNO4/c1-3-10-4-5-14(15(6-10)20-2)21-13-8-11(16)7-12(9-13)17(18)19/h4-9H,3H2,1-2H3. The van der Waals surface area contributed by atoms with E-state index in [0.717, 1.165) is 30.2 Å². The smallest absolute Gasteiger partial charge is 0.276 e. The van der Waals surface area contributed by atoms with Gasteiger partial charge in [-0.2, -0.15) is 0 Å². The van der Waals surface area contributed by atoms with Gasteiger partial charge in [-0.1, -0.05) is 13.0 Å². The van der Waals surface area contributed by atoms with Gasteiger partial charge in [0.25, 0.3) is 5.69 Å². The molecule has 2 aromatic carbocycles. The van der Waals surface area contributed by atoms with Crippen molar-refractivity contribution < 1.29 is 18.8 Å². The molecule has 2 rings (SSSR count). The fourth-order valence-electron chi connectivity index (χ4n) is 1.86. The topological polar surface area (TPSA) is 61.6 Å². The van der Waals surface area contributed by atoms with Crippen LogP contribution in [0.3, 0.4) is 0 Å². The summed E-state index contributed by atoms with van der Waals surface area (Å²) in [6.45, 7) is 2.01. The highest BCUT2D eigenvalue weighted by atomic mass is 19.1. The van der Waals surface area contributed by atoms with Gasteiger partial charge in [0.2, 0.25) is 0 Å². The van der Waals surface area contributed by atoms with Crippen molar-refractivity contribution in [1.29, 1.82) is 0 Å². The molecular formula is C15H14FNO4. The minimum Gasteiger partial charge on any atom is -0.493 e. The number of methoxy groups -OCH3 is 1. The summed E-state index contributed by atoms with van der Waals surface area (Å²) in [5.41, 5.74) is 0.693. The highest BCUT2D eigenvalue weighted by Crippen LogP contribution is 2.34. The molecule has 0 saturated heterocycles. The van der Waals surface area contributed by atoms with E-state index in [9.17, 15) is 14.5 Å². The van der Waals surface area contributed by atoms with Crippen molar-refractivity contribution in [2.75, 3.05) is 7.11 Å². The van der Waals surface area contributed by atoms with Crippen LogP contribution >= 0.6 is 0 Å². The molecule has 0 heterocycles. The Balaban J connectivity index is 2.35. The van der Waals surface area contributed by atoms with Crippen LogP contribution in [0.2, 0.25) is 0 Å². The Kier molecular flexibility index (Phi) is 4.37. The summed E-state index contributed by atoms with van der Waals surface area (Å²) in [5.74, 6) is 0.170. The maximum Gasteiger partial charge on any atom is 0.276 e. The molecule has 0 aromatic heterocycles. The van der Waals surface area contributed by atoms with Crippen LogP contribution in [0.4, 0.5) is 10.1 Å².